The summed E-state index contributed by atoms with van der Waals surface area (Å²) in [4.78, 5) is -0.139. The highest BCUT2D eigenvalue weighted by atomic mass is 32.2. The molecule has 1 heterocycles. The summed E-state index contributed by atoms with van der Waals surface area (Å²) in [5, 5.41) is 17.9. The summed E-state index contributed by atoms with van der Waals surface area (Å²) in [6, 6.07) is 13.8. The van der Waals surface area contributed by atoms with Crippen LogP contribution in [-0.4, -0.2) is 13.5 Å². The van der Waals surface area contributed by atoms with E-state index in [9.17, 15) is 13.5 Å². The van der Waals surface area contributed by atoms with E-state index in [1.54, 1.807) is 30.3 Å². The number of rotatable bonds is 2. The first kappa shape index (κ1) is 13.4. The second-order valence-electron chi connectivity index (χ2n) is 4.45. The minimum Gasteiger partial charge on any atom is -0.504 e. The molecule has 2 N–H and O–H groups in total. The number of nitrogens with one attached hydrogen (secondary N) is 1. The zero-order chi connectivity index (χ0) is 15.0. The van der Waals surface area contributed by atoms with Gasteiger partial charge >= 0.3 is 0 Å². The zero-order valence-corrected chi connectivity index (χ0v) is 11.6. The van der Waals surface area contributed by atoms with Crippen molar-refractivity contribution in [2.75, 3.05) is 0 Å². The molecule has 1 aromatic heterocycles. The topological polar surface area (TPSA) is 91.4 Å². The molecule has 6 heteroatoms. The lowest BCUT2D eigenvalue weighted by Gasteiger charge is -2.06. The van der Waals surface area contributed by atoms with Crippen LogP contribution in [-0.2, 0) is 9.84 Å². The first-order chi connectivity index (χ1) is 10.00. The molecule has 0 amide bonds. The number of hydrogen-bond donors (Lipinski definition) is 2. The van der Waals surface area contributed by atoms with E-state index in [-0.39, 0.29) is 21.1 Å². The molecular weight excluding hydrogens is 290 g/mol. The summed E-state index contributed by atoms with van der Waals surface area (Å²) in [5.74, 6) is -0.135. The van der Waals surface area contributed by atoms with Gasteiger partial charge in [0.05, 0.1) is 4.90 Å². The van der Waals surface area contributed by atoms with Crippen molar-refractivity contribution >= 4 is 20.8 Å². The number of aromatic hydroxyl groups is 1. The van der Waals surface area contributed by atoms with Crippen LogP contribution in [0.3, 0.4) is 0 Å². The van der Waals surface area contributed by atoms with E-state index in [4.69, 9.17) is 9.83 Å². The SMILES string of the molecule is N=c1oc2c(O)cccc2cc1S(=O)(=O)c1ccccc1. The van der Waals surface area contributed by atoms with Gasteiger partial charge in [0, 0.05) is 5.39 Å². The van der Waals surface area contributed by atoms with Gasteiger partial charge in [-0.2, -0.15) is 0 Å². The average molecular weight is 301 g/mol. The van der Waals surface area contributed by atoms with Crippen LogP contribution in [0.15, 0.2) is 68.8 Å². The van der Waals surface area contributed by atoms with Gasteiger partial charge in [-0.15, -0.1) is 0 Å². The zero-order valence-electron chi connectivity index (χ0n) is 10.8. The van der Waals surface area contributed by atoms with Crippen LogP contribution >= 0.6 is 0 Å². The van der Waals surface area contributed by atoms with Gasteiger partial charge in [0.2, 0.25) is 15.4 Å². The van der Waals surface area contributed by atoms with Crippen molar-refractivity contribution in [3.8, 4) is 5.75 Å². The van der Waals surface area contributed by atoms with Crippen LogP contribution in [0.4, 0.5) is 0 Å². The van der Waals surface area contributed by atoms with E-state index < -0.39 is 15.4 Å². The van der Waals surface area contributed by atoms with Crippen molar-refractivity contribution in [2.45, 2.75) is 9.79 Å². The standard InChI is InChI=1S/C15H11NO4S/c16-15-13(21(18,19)11-6-2-1-3-7-11)9-10-5-4-8-12(17)14(10)20-15/h1-9,16-17H. The van der Waals surface area contributed by atoms with Crippen molar-refractivity contribution in [3.63, 3.8) is 0 Å². The highest BCUT2D eigenvalue weighted by molar-refractivity contribution is 7.91. The van der Waals surface area contributed by atoms with E-state index in [1.165, 1.54) is 24.3 Å². The predicted molar refractivity (Wildman–Crippen MR) is 75.6 cm³/mol. The average Bonchev–Trinajstić information content (AvgIpc) is 2.48. The molecular formula is C15H11NO4S. The normalized spacial score (nSPS) is 11.6. The van der Waals surface area contributed by atoms with Crippen molar-refractivity contribution in [2.24, 2.45) is 0 Å². The molecule has 0 saturated carbocycles. The molecule has 0 aliphatic rings. The highest BCUT2D eigenvalue weighted by Gasteiger charge is 2.21. The van der Waals surface area contributed by atoms with Crippen LogP contribution in [0.2, 0.25) is 0 Å². The summed E-state index contributed by atoms with van der Waals surface area (Å²) in [6.45, 7) is 0. The third kappa shape index (κ3) is 2.19. The van der Waals surface area contributed by atoms with Crippen LogP contribution in [0.25, 0.3) is 11.0 Å². The van der Waals surface area contributed by atoms with Crippen molar-refractivity contribution in [1.29, 1.82) is 5.41 Å². The van der Waals surface area contributed by atoms with Gasteiger partial charge in [-0.25, -0.2) is 8.42 Å². The van der Waals surface area contributed by atoms with Crippen LogP contribution in [0, 0.1) is 5.41 Å². The number of benzene rings is 2. The Morgan fingerprint density at radius 2 is 1.71 bits per heavy atom. The molecule has 0 bridgehead atoms. The van der Waals surface area contributed by atoms with Gasteiger partial charge in [-0.3, -0.25) is 5.41 Å². The molecule has 0 spiro atoms. The molecule has 106 valence electrons. The number of phenols is 1. The van der Waals surface area contributed by atoms with Crippen LogP contribution in [0.1, 0.15) is 0 Å². The highest BCUT2D eigenvalue weighted by Crippen LogP contribution is 2.26. The lowest BCUT2D eigenvalue weighted by molar-refractivity contribution is 0.445. The Balaban J connectivity index is 2.31. The van der Waals surface area contributed by atoms with Crippen LogP contribution in [0.5, 0.6) is 5.75 Å². The Hall–Kier alpha value is -2.60. The Bertz CT molecular complexity index is 975. The number of phenolic OH excluding ortho intramolecular Hbond substituents is 1. The number of para-hydroxylation sites is 1. The maximum absolute atomic E-state index is 12.5. The molecule has 3 rings (SSSR count). The molecule has 3 aromatic rings. The maximum atomic E-state index is 12.5. The molecule has 5 nitrogen and oxygen atoms in total. The molecule has 0 atom stereocenters. The van der Waals surface area contributed by atoms with E-state index in [1.807, 2.05) is 0 Å². The van der Waals surface area contributed by atoms with E-state index in [0.717, 1.165) is 0 Å². The van der Waals surface area contributed by atoms with Gasteiger partial charge in [0.25, 0.3) is 0 Å². The number of hydrogen-bond acceptors (Lipinski definition) is 5. The Labute approximate surface area is 120 Å². The first-order valence-corrected chi connectivity index (χ1v) is 7.59. The fourth-order valence-electron chi connectivity index (χ4n) is 2.05. The minimum atomic E-state index is -3.84. The van der Waals surface area contributed by atoms with Crippen LogP contribution < -0.4 is 5.55 Å². The molecule has 0 aliphatic heterocycles. The van der Waals surface area contributed by atoms with Crippen molar-refractivity contribution < 1.29 is 17.9 Å². The van der Waals surface area contributed by atoms with Gasteiger partial charge in [-0.1, -0.05) is 30.3 Å². The molecule has 0 radical (unpaired) electrons. The fourth-order valence-corrected chi connectivity index (χ4v) is 3.39. The summed E-state index contributed by atoms with van der Waals surface area (Å²) >= 11 is 0. The lowest BCUT2D eigenvalue weighted by Crippen LogP contribution is -2.14. The van der Waals surface area contributed by atoms with Gasteiger partial charge < -0.3 is 9.52 Å². The molecule has 0 saturated heterocycles. The smallest absolute Gasteiger partial charge is 0.231 e. The van der Waals surface area contributed by atoms with E-state index in [0.29, 0.717) is 5.39 Å². The third-order valence-electron chi connectivity index (χ3n) is 3.08. The van der Waals surface area contributed by atoms with Gasteiger partial charge in [-0.05, 0) is 24.3 Å². The Kier molecular flexibility index (Phi) is 3.03. The molecule has 0 unspecified atom stereocenters. The summed E-state index contributed by atoms with van der Waals surface area (Å²) < 4.78 is 30.3. The molecule has 0 aliphatic carbocycles. The summed E-state index contributed by atoms with van der Waals surface area (Å²) in [7, 11) is -3.84. The minimum absolute atomic E-state index is 0.0909. The number of sulfone groups is 1. The van der Waals surface area contributed by atoms with E-state index in [2.05, 4.69) is 0 Å². The van der Waals surface area contributed by atoms with E-state index >= 15 is 0 Å². The monoisotopic (exact) mass is 301 g/mol. The van der Waals surface area contributed by atoms with Crippen molar-refractivity contribution in [3.05, 3.63) is 60.2 Å². The second-order valence-corrected chi connectivity index (χ2v) is 6.37. The molecule has 2 aromatic carbocycles. The largest absolute Gasteiger partial charge is 0.504 e. The predicted octanol–water partition coefficient (Wildman–Crippen LogP) is 2.45. The Morgan fingerprint density at radius 1 is 1.00 bits per heavy atom. The molecule has 0 fully saturated rings. The Morgan fingerprint density at radius 3 is 2.43 bits per heavy atom. The third-order valence-corrected chi connectivity index (χ3v) is 4.86. The first-order valence-electron chi connectivity index (χ1n) is 6.11. The summed E-state index contributed by atoms with van der Waals surface area (Å²) in [5.41, 5.74) is -0.414. The molecule has 21 heavy (non-hydrogen) atoms. The fraction of sp³-hybridized carbons (Fsp3) is 0. The second kappa shape index (κ2) is 4.75. The number of fused-ring (bicyclic) bond motifs is 1. The maximum Gasteiger partial charge on any atom is 0.231 e. The lowest BCUT2D eigenvalue weighted by atomic mass is 10.2. The quantitative estimate of drug-likeness (QED) is 0.760. The van der Waals surface area contributed by atoms with Gasteiger partial charge in [0.15, 0.2) is 11.3 Å². The summed E-state index contributed by atoms with van der Waals surface area (Å²) in [6.07, 6.45) is 0. The van der Waals surface area contributed by atoms with Gasteiger partial charge in [0.1, 0.15) is 4.90 Å². The van der Waals surface area contributed by atoms with Crippen molar-refractivity contribution in [1.82, 2.24) is 0 Å².